The number of fused-ring (bicyclic) bond motifs is 2. The zero-order valence-electron chi connectivity index (χ0n) is 23.0. The summed E-state index contributed by atoms with van der Waals surface area (Å²) in [6.07, 6.45) is -12.1. The van der Waals surface area contributed by atoms with Crippen LogP contribution in [0.4, 0.5) is 35.1 Å². The van der Waals surface area contributed by atoms with Gasteiger partial charge in [-0.2, -0.15) is 26.3 Å². The minimum absolute atomic E-state index is 0.101. The van der Waals surface area contributed by atoms with Gasteiger partial charge in [0.2, 0.25) is 5.91 Å². The Kier molecular flexibility index (Phi) is 7.15. The maximum Gasteiger partial charge on any atom is 0.435 e. The number of Topliss-reactive ketones (excluding diaryl/α,β-unsaturated/α-hetero) is 1. The fourth-order valence-corrected chi connectivity index (χ4v) is 9.14. The molecule has 15 heteroatoms. The highest BCUT2D eigenvalue weighted by Crippen LogP contribution is 2.63. The standard InChI is InChI=1S/C29H25F8NO5S/c1-17(39)24-10-12-25(16-24,13-11-24)22(40)38-15-14-26(23(38)41,44(42,43)21-8-6-20(30)7-9-21)18-2-4-19(5-3-18)27(31,28(32,33)34)29(35,36)37/h2-9H,10-16H2,1H3/t24?,25?,26-/m1/s1. The Balaban J connectivity index is 1.62. The molecule has 3 fully saturated rings. The largest absolute Gasteiger partial charge is 0.435 e. The zero-order chi connectivity index (χ0) is 32.7. The van der Waals surface area contributed by atoms with Gasteiger partial charge in [-0.25, -0.2) is 17.2 Å². The van der Waals surface area contributed by atoms with Gasteiger partial charge in [-0.15, -0.1) is 0 Å². The number of rotatable bonds is 6. The summed E-state index contributed by atoms with van der Waals surface area (Å²) in [6.45, 7) is 0.924. The lowest BCUT2D eigenvalue weighted by atomic mass is 9.79. The molecule has 0 radical (unpaired) electrons. The molecule has 2 amide bonds. The van der Waals surface area contributed by atoms with Gasteiger partial charge in [-0.05, 0) is 75.3 Å². The summed E-state index contributed by atoms with van der Waals surface area (Å²) >= 11 is 0. The average Bonchev–Trinajstić information content (AvgIpc) is 3.64. The molecule has 1 atom stereocenters. The summed E-state index contributed by atoms with van der Waals surface area (Å²) < 4.78 is 134. The van der Waals surface area contributed by atoms with Crippen molar-refractivity contribution in [1.29, 1.82) is 0 Å². The van der Waals surface area contributed by atoms with Crippen molar-refractivity contribution in [3.63, 3.8) is 0 Å². The summed E-state index contributed by atoms with van der Waals surface area (Å²) in [5.41, 5.74) is -10.2. The molecule has 44 heavy (non-hydrogen) atoms. The van der Waals surface area contributed by atoms with E-state index in [9.17, 15) is 57.9 Å². The van der Waals surface area contributed by atoms with Gasteiger partial charge in [-0.3, -0.25) is 19.3 Å². The third-order valence-corrected chi connectivity index (χ3v) is 12.1. The number of imide groups is 1. The molecule has 0 spiro atoms. The first-order valence-electron chi connectivity index (χ1n) is 13.5. The van der Waals surface area contributed by atoms with Crippen molar-refractivity contribution in [3.05, 3.63) is 65.5 Å². The molecule has 238 valence electrons. The molecule has 6 nitrogen and oxygen atoms in total. The fourth-order valence-electron chi connectivity index (χ4n) is 7.09. The van der Waals surface area contributed by atoms with Crippen LogP contribution >= 0.6 is 0 Å². The Labute approximate surface area is 246 Å². The highest BCUT2D eigenvalue weighted by molar-refractivity contribution is 7.93. The second kappa shape index (κ2) is 9.82. The lowest BCUT2D eigenvalue weighted by Gasteiger charge is -2.33. The van der Waals surface area contributed by atoms with Crippen LogP contribution in [-0.4, -0.2) is 49.8 Å². The molecule has 1 saturated heterocycles. The molecule has 0 N–H and O–H groups in total. The SMILES string of the molecule is CC(=O)C12CCC(C(=O)N3CC[C@](c4ccc(C(F)(C(F)(F)F)C(F)(F)F)cc4)(S(=O)(=O)c4ccc(F)cc4)C3=O)(CC1)C2. The van der Waals surface area contributed by atoms with Crippen molar-refractivity contribution in [2.75, 3.05) is 6.54 Å². The molecule has 2 saturated carbocycles. The first kappa shape index (κ1) is 32.0. The topological polar surface area (TPSA) is 88.6 Å². The van der Waals surface area contributed by atoms with E-state index >= 15 is 0 Å². The van der Waals surface area contributed by atoms with E-state index in [4.69, 9.17) is 0 Å². The lowest BCUT2D eigenvalue weighted by Crippen LogP contribution is -2.50. The molecule has 0 aromatic heterocycles. The van der Waals surface area contributed by atoms with Crippen LogP contribution < -0.4 is 0 Å². The number of halogens is 8. The van der Waals surface area contributed by atoms with Crippen molar-refractivity contribution < 1.29 is 57.9 Å². The summed E-state index contributed by atoms with van der Waals surface area (Å²) in [5.74, 6) is -2.99. The number of amides is 2. The van der Waals surface area contributed by atoms with Crippen LogP contribution in [0.3, 0.4) is 0 Å². The number of ketones is 1. The number of alkyl halides is 7. The Bertz CT molecular complexity index is 1610. The quantitative estimate of drug-likeness (QED) is 0.215. The number of carbonyl (C=O) groups excluding carboxylic acids is 3. The number of carbonyl (C=O) groups is 3. The third kappa shape index (κ3) is 4.24. The van der Waals surface area contributed by atoms with E-state index in [0.717, 1.165) is 24.3 Å². The van der Waals surface area contributed by atoms with Crippen LogP contribution in [-0.2, 0) is 34.6 Å². The number of benzene rings is 2. The number of nitrogens with zero attached hydrogens (tertiary/aromatic N) is 1. The van der Waals surface area contributed by atoms with Gasteiger partial charge < -0.3 is 0 Å². The Morgan fingerprint density at radius 1 is 0.773 bits per heavy atom. The van der Waals surface area contributed by atoms with Crippen molar-refractivity contribution in [1.82, 2.24) is 4.90 Å². The van der Waals surface area contributed by atoms with E-state index in [1.165, 1.54) is 6.92 Å². The van der Waals surface area contributed by atoms with Crippen LogP contribution in [0.5, 0.6) is 0 Å². The third-order valence-electron chi connectivity index (χ3n) is 9.68. The lowest BCUT2D eigenvalue weighted by molar-refractivity contribution is -0.348. The van der Waals surface area contributed by atoms with E-state index in [2.05, 4.69) is 0 Å². The Hall–Kier alpha value is -3.36. The van der Waals surface area contributed by atoms with Crippen LogP contribution in [0.25, 0.3) is 0 Å². The normalized spacial score (nSPS) is 27.7. The van der Waals surface area contributed by atoms with Crippen LogP contribution in [0.15, 0.2) is 53.4 Å². The van der Waals surface area contributed by atoms with Crippen molar-refractivity contribution in [3.8, 4) is 0 Å². The van der Waals surface area contributed by atoms with E-state index in [0.29, 0.717) is 29.9 Å². The van der Waals surface area contributed by atoms with Crippen molar-refractivity contribution in [2.45, 2.75) is 73.1 Å². The second-order valence-electron chi connectivity index (χ2n) is 11.8. The number of hydrogen-bond acceptors (Lipinski definition) is 5. The van der Waals surface area contributed by atoms with E-state index in [1.54, 1.807) is 0 Å². The molecule has 3 aliphatic rings. The first-order chi connectivity index (χ1) is 20.2. The average molecular weight is 652 g/mol. The second-order valence-corrected chi connectivity index (χ2v) is 14.0. The molecular weight excluding hydrogens is 626 g/mol. The molecule has 0 unspecified atom stereocenters. The smallest absolute Gasteiger partial charge is 0.299 e. The molecular formula is C29H25F8NO5S. The monoisotopic (exact) mass is 651 g/mol. The minimum Gasteiger partial charge on any atom is -0.299 e. The summed E-state index contributed by atoms with van der Waals surface area (Å²) in [6, 6.07) is 4.36. The van der Waals surface area contributed by atoms with Crippen LogP contribution in [0, 0.1) is 16.6 Å². The van der Waals surface area contributed by atoms with Crippen LogP contribution in [0.2, 0.25) is 0 Å². The zero-order valence-corrected chi connectivity index (χ0v) is 23.8. The van der Waals surface area contributed by atoms with Gasteiger partial charge in [0.15, 0.2) is 14.6 Å². The molecule has 5 rings (SSSR count). The van der Waals surface area contributed by atoms with Gasteiger partial charge in [-0.1, -0.05) is 24.3 Å². The number of hydrogen-bond donors (Lipinski definition) is 0. The van der Waals surface area contributed by atoms with Crippen molar-refractivity contribution >= 4 is 27.4 Å². The Morgan fingerprint density at radius 3 is 1.73 bits per heavy atom. The maximum atomic E-state index is 14.7. The number of likely N-dealkylation sites (tertiary alicyclic amines) is 1. The molecule has 2 bridgehead atoms. The van der Waals surface area contributed by atoms with Crippen LogP contribution in [0.1, 0.15) is 56.6 Å². The van der Waals surface area contributed by atoms with Gasteiger partial charge in [0, 0.05) is 17.5 Å². The Morgan fingerprint density at radius 2 is 1.27 bits per heavy atom. The fraction of sp³-hybridized carbons (Fsp3) is 0.483. The number of sulfone groups is 1. The highest BCUT2D eigenvalue weighted by Gasteiger charge is 2.73. The predicted octanol–water partition coefficient (Wildman–Crippen LogP) is 6.08. The molecule has 1 heterocycles. The van der Waals surface area contributed by atoms with Gasteiger partial charge in [0.1, 0.15) is 11.6 Å². The molecule has 2 aromatic carbocycles. The van der Waals surface area contributed by atoms with E-state index in [-0.39, 0.29) is 37.2 Å². The minimum atomic E-state index is -6.44. The molecule has 2 aliphatic carbocycles. The van der Waals surface area contributed by atoms with E-state index < -0.39 is 90.1 Å². The summed E-state index contributed by atoms with van der Waals surface area (Å²) in [7, 11) is -4.96. The predicted molar refractivity (Wildman–Crippen MR) is 137 cm³/mol. The van der Waals surface area contributed by atoms with Gasteiger partial charge in [0.05, 0.1) is 10.3 Å². The van der Waals surface area contributed by atoms with Gasteiger partial charge >= 0.3 is 18.0 Å². The van der Waals surface area contributed by atoms with E-state index in [1.807, 2.05) is 0 Å². The van der Waals surface area contributed by atoms with Gasteiger partial charge in [0.25, 0.3) is 5.91 Å². The summed E-state index contributed by atoms with van der Waals surface area (Å²) in [4.78, 5) is 40.5. The van der Waals surface area contributed by atoms with Crippen molar-refractivity contribution in [2.24, 2.45) is 10.8 Å². The maximum absolute atomic E-state index is 14.7. The molecule has 1 aliphatic heterocycles. The molecule has 2 aromatic rings. The highest BCUT2D eigenvalue weighted by atomic mass is 32.2. The first-order valence-corrected chi connectivity index (χ1v) is 15.0. The summed E-state index contributed by atoms with van der Waals surface area (Å²) in [5, 5.41) is 0.